The van der Waals surface area contributed by atoms with Gasteiger partial charge in [0.1, 0.15) is 5.82 Å². The normalized spacial score (nSPS) is 12.2. The van der Waals surface area contributed by atoms with E-state index in [9.17, 15) is 9.18 Å². The minimum Gasteiger partial charge on any atom is -0.355 e. The van der Waals surface area contributed by atoms with Gasteiger partial charge in [0.15, 0.2) is 0 Å². The number of benzene rings is 1. The number of rotatable bonds is 5. The SMILES string of the molecule is CC(=O)NCCN[C@@H](C)c1cccc(F)c1. The Morgan fingerprint density at radius 1 is 1.44 bits per heavy atom. The fourth-order valence-electron chi connectivity index (χ4n) is 1.42. The quantitative estimate of drug-likeness (QED) is 0.746. The van der Waals surface area contributed by atoms with Crippen LogP contribution in [-0.4, -0.2) is 19.0 Å². The Hall–Kier alpha value is -1.42. The molecule has 0 spiro atoms. The van der Waals surface area contributed by atoms with Crippen molar-refractivity contribution in [3.8, 4) is 0 Å². The summed E-state index contributed by atoms with van der Waals surface area (Å²) in [6, 6.07) is 6.57. The van der Waals surface area contributed by atoms with E-state index in [1.165, 1.54) is 19.1 Å². The van der Waals surface area contributed by atoms with Crippen molar-refractivity contribution < 1.29 is 9.18 Å². The van der Waals surface area contributed by atoms with Gasteiger partial charge in [-0.15, -0.1) is 0 Å². The number of amides is 1. The van der Waals surface area contributed by atoms with Crippen LogP contribution in [0.15, 0.2) is 24.3 Å². The fraction of sp³-hybridized carbons (Fsp3) is 0.417. The number of hydrogen-bond acceptors (Lipinski definition) is 2. The zero-order chi connectivity index (χ0) is 12.0. The molecule has 16 heavy (non-hydrogen) atoms. The van der Waals surface area contributed by atoms with Gasteiger partial charge in [0, 0.05) is 26.1 Å². The Labute approximate surface area is 95.0 Å². The first-order valence-electron chi connectivity index (χ1n) is 5.33. The summed E-state index contributed by atoms with van der Waals surface area (Å²) in [5.41, 5.74) is 0.905. The van der Waals surface area contributed by atoms with Gasteiger partial charge in [0.05, 0.1) is 0 Å². The Bertz CT molecular complexity index is 355. The number of carbonyl (C=O) groups is 1. The summed E-state index contributed by atoms with van der Waals surface area (Å²) in [4.78, 5) is 10.6. The second-order valence-corrected chi connectivity index (χ2v) is 3.71. The Balaban J connectivity index is 2.35. The van der Waals surface area contributed by atoms with E-state index < -0.39 is 0 Å². The second kappa shape index (κ2) is 6.23. The van der Waals surface area contributed by atoms with Crippen molar-refractivity contribution in [1.82, 2.24) is 10.6 Å². The van der Waals surface area contributed by atoms with E-state index in [2.05, 4.69) is 10.6 Å². The molecule has 0 aliphatic carbocycles. The van der Waals surface area contributed by atoms with Gasteiger partial charge in [0.2, 0.25) is 5.91 Å². The zero-order valence-corrected chi connectivity index (χ0v) is 9.59. The van der Waals surface area contributed by atoms with E-state index >= 15 is 0 Å². The molecular formula is C12H17FN2O. The van der Waals surface area contributed by atoms with E-state index in [1.807, 2.05) is 13.0 Å². The summed E-state index contributed by atoms with van der Waals surface area (Å²) in [5.74, 6) is -0.270. The van der Waals surface area contributed by atoms with E-state index in [-0.39, 0.29) is 17.8 Å². The minimum atomic E-state index is -0.229. The van der Waals surface area contributed by atoms with Crippen LogP contribution in [0.5, 0.6) is 0 Å². The molecule has 0 radical (unpaired) electrons. The van der Waals surface area contributed by atoms with Gasteiger partial charge in [-0.25, -0.2) is 4.39 Å². The molecule has 88 valence electrons. The standard InChI is InChI=1S/C12H17FN2O/c1-9(14-6-7-15-10(2)16)11-4-3-5-12(13)8-11/h3-5,8-9,14H,6-7H2,1-2H3,(H,15,16)/t9-/m0/s1. The van der Waals surface area contributed by atoms with Crippen molar-refractivity contribution in [2.75, 3.05) is 13.1 Å². The maximum Gasteiger partial charge on any atom is 0.216 e. The third-order valence-electron chi connectivity index (χ3n) is 2.30. The van der Waals surface area contributed by atoms with Crippen LogP contribution in [0.25, 0.3) is 0 Å². The molecule has 1 aromatic carbocycles. The van der Waals surface area contributed by atoms with Crippen LogP contribution >= 0.6 is 0 Å². The van der Waals surface area contributed by atoms with Crippen molar-refractivity contribution >= 4 is 5.91 Å². The van der Waals surface area contributed by atoms with Gasteiger partial charge >= 0.3 is 0 Å². The molecule has 0 fully saturated rings. The van der Waals surface area contributed by atoms with E-state index in [1.54, 1.807) is 6.07 Å². The highest BCUT2D eigenvalue weighted by Gasteiger charge is 2.04. The van der Waals surface area contributed by atoms with Gasteiger partial charge in [-0.05, 0) is 24.6 Å². The van der Waals surface area contributed by atoms with Crippen molar-refractivity contribution in [2.45, 2.75) is 19.9 Å². The third kappa shape index (κ3) is 4.40. The summed E-state index contributed by atoms with van der Waals surface area (Å²) in [5, 5.41) is 5.89. The third-order valence-corrected chi connectivity index (χ3v) is 2.30. The maximum absolute atomic E-state index is 12.9. The molecule has 1 rings (SSSR count). The highest BCUT2D eigenvalue weighted by molar-refractivity contribution is 5.72. The van der Waals surface area contributed by atoms with Gasteiger partial charge in [-0.3, -0.25) is 4.79 Å². The maximum atomic E-state index is 12.9. The Kier molecular flexibility index (Phi) is 4.92. The number of halogens is 1. The van der Waals surface area contributed by atoms with E-state index in [4.69, 9.17) is 0 Å². The van der Waals surface area contributed by atoms with Crippen LogP contribution in [0.3, 0.4) is 0 Å². The summed E-state index contributed by atoms with van der Waals surface area (Å²) in [6.45, 7) is 4.69. The van der Waals surface area contributed by atoms with E-state index in [0.717, 1.165) is 5.56 Å². The van der Waals surface area contributed by atoms with Crippen LogP contribution in [0.2, 0.25) is 0 Å². The Morgan fingerprint density at radius 2 is 2.19 bits per heavy atom. The van der Waals surface area contributed by atoms with Crippen LogP contribution in [-0.2, 0) is 4.79 Å². The zero-order valence-electron chi connectivity index (χ0n) is 9.59. The summed E-state index contributed by atoms with van der Waals surface area (Å²) < 4.78 is 12.9. The first kappa shape index (κ1) is 12.6. The van der Waals surface area contributed by atoms with Crippen molar-refractivity contribution in [1.29, 1.82) is 0 Å². The number of hydrogen-bond donors (Lipinski definition) is 2. The van der Waals surface area contributed by atoms with Crippen molar-refractivity contribution in [2.24, 2.45) is 0 Å². The molecule has 1 amide bonds. The van der Waals surface area contributed by atoms with Gasteiger partial charge < -0.3 is 10.6 Å². The molecule has 0 saturated carbocycles. The molecule has 0 aliphatic rings. The van der Waals surface area contributed by atoms with Crippen molar-refractivity contribution in [3.05, 3.63) is 35.6 Å². The summed E-state index contributed by atoms with van der Waals surface area (Å²) in [6.07, 6.45) is 0. The molecule has 0 unspecified atom stereocenters. The first-order chi connectivity index (χ1) is 7.59. The summed E-state index contributed by atoms with van der Waals surface area (Å²) in [7, 11) is 0. The molecule has 3 nitrogen and oxygen atoms in total. The molecule has 0 aliphatic heterocycles. The molecule has 4 heteroatoms. The first-order valence-corrected chi connectivity index (χ1v) is 5.33. The van der Waals surface area contributed by atoms with Crippen LogP contribution < -0.4 is 10.6 Å². The predicted molar refractivity (Wildman–Crippen MR) is 61.5 cm³/mol. The van der Waals surface area contributed by atoms with Gasteiger partial charge in [-0.1, -0.05) is 12.1 Å². The number of nitrogens with one attached hydrogen (secondary N) is 2. The summed E-state index contributed by atoms with van der Waals surface area (Å²) >= 11 is 0. The molecular weight excluding hydrogens is 207 g/mol. The second-order valence-electron chi connectivity index (χ2n) is 3.71. The van der Waals surface area contributed by atoms with Gasteiger partial charge in [0.25, 0.3) is 0 Å². The number of carbonyl (C=O) groups excluding carboxylic acids is 1. The van der Waals surface area contributed by atoms with Crippen molar-refractivity contribution in [3.63, 3.8) is 0 Å². The highest BCUT2D eigenvalue weighted by atomic mass is 19.1. The van der Waals surface area contributed by atoms with Gasteiger partial charge in [-0.2, -0.15) is 0 Å². The average Bonchev–Trinajstić information content (AvgIpc) is 2.24. The molecule has 2 N–H and O–H groups in total. The smallest absolute Gasteiger partial charge is 0.216 e. The Morgan fingerprint density at radius 3 is 2.81 bits per heavy atom. The lowest BCUT2D eigenvalue weighted by molar-refractivity contribution is -0.118. The molecule has 0 bridgehead atoms. The van der Waals surface area contributed by atoms with Crippen LogP contribution in [0.4, 0.5) is 4.39 Å². The fourth-order valence-corrected chi connectivity index (χ4v) is 1.42. The lowest BCUT2D eigenvalue weighted by Crippen LogP contribution is -2.31. The molecule has 1 atom stereocenters. The highest BCUT2D eigenvalue weighted by Crippen LogP contribution is 2.12. The topological polar surface area (TPSA) is 41.1 Å². The lowest BCUT2D eigenvalue weighted by Gasteiger charge is -2.14. The van der Waals surface area contributed by atoms with Crippen LogP contribution in [0.1, 0.15) is 25.5 Å². The minimum absolute atomic E-state index is 0.0415. The largest absolute Gasteiger partial charge is 0.355 e. The van der Waals surface area contributed by atoms with E-state index in [0.29, 0.717) is 13.1 Å². The monoisotopic (exact) mass is 224 g/mol. The average molecular weight is 224 g/mol. The molecule has 1 aromatic rings. The predicted octanol–water partition coefficient (Wildman–Crippen LogP) is 1.61. The lowest BCUT2D eigenvalue weighted by atomic mass is 10.1. The molecule has 0 aromatic heterocycles. The molecule has 0 heterocycles. The molecule has 0 saturated heterocycles. The van der Waals surface area contributed by atoms with Crippen LogP contribution in [0, 0.1) is 5.82 Å².